The van der Waals surface area contributed by atoms with Crippen molar-refractivity contribution in [1.82, 2.24) is 0 Å². The van der Waals surface area contributed by atoms with Crippen molar-refractivity contribution >= 4 is 24.0 Å². The van der Waals surface area contributed by atoms with Crippen molar-refractivity contribution in [2.75, 3.05) is 5.32 Å². The largest absolute Gasteiger partial charge is 0.322 e. The third kappa shape index (κ3) is 3.85. The Kier molecular flexibility index (Phi) is 5.25. The first-order valence-corrected chi connectivity index (χ1v) is 4.33. The van der Waals surface area contributed by atoms with Crippen LogP contribution in [0.4, 0.5) is 10.1 Å². The summed E-state index contributed by atoms with van der Waals surface area (Å²) in [5, 5.41) is 2.40. The summed E-state index contributed by atoms with van der Waals surface area (Å²) < 4.78 is 13.2. The number of rotatable bonds is 2. The van der Waals surface area contributed by atoms with Crippen LogP contribution in [0.15, 0.2) is 18.2 Å². The maximum atomic E-state index is 13.2. The van der Waals surface area contributed by atoms with Crippen LogP contribution in [0.25, 0.3) is 0 Å². The minimum Gasteiger partial charge on any atom is -0.322 e. The molecule has 0 aliphatic carbocycles. The molecule has 84 valence electrons. The molecule has 0 fully saturated rings. The van der Waals surface area contributed by atoms with Gasteiger partial charge in [0.15, 0.2) is 0 Å². The van der Waals surface area contributed by atoms with Crippen molar-refractivity contribution in [3.8, 4) is 0 Å². The number of aryl methyl sites for hydroxylation is 1. The number of anilines is 1. The van der Waals surface area contributed by atoms with Gasteiger partial charge in [0, 0.05) is 0 Å². The molecule has 0 aliphatic rings. The fourth-order valence-corrected chi connectivity index (χ4v) is 0.968. The van der Waals surface area contributed by atoms with Crippen molar-refractivity contribution in [2.45, 2.75) is 19.9 Å². The molecule has 0 saturated carbocycles. The predicted molar refractivity (Wildman–Crippen MR) is 60.7 cm³/mol. The Morgan fingerprint density at radius 1 is 1.53 bits per heavy atom. The third-order valence-electron chi connectivity index (χ3n) is 1.80. The van der Waals surface area contributed by atoms with Gasteiger partial charge >= 0.3 is 0 Å². The van der Waals surface area contributed by atoms with Crippen molar-refractivity contribution in [2.24, 2.45) is 5.73 Å². The number of carbonyl (C=O) groups excluding carboxylic acids is 1. The van der Waals surface area contributed by atoms with E-state index in [2.05, 4.69) is 5.32 Å². The molecule has 3 N–H and O–H groups in total. The van der Waals surface area contributed by atoms with E-state index in [0.717, 1.165) is 5.56 Å². The molecular weight excluding hydrogens is 219 g/mol. The highest BCUT2D eigenvalue weighted by molar-refractivity contribution is 5.94. The van der Waals surface area contributed by atoms with Gasteiger partial charge in [0.25, 0.3) is 0 Å². The van der Waals surface area contributed by atoms with E-state index in [1.54, 1.807) is 19.9 Å². The third-order valence-corrected chi connectivity index (χ3v) is 1.80. The first-order valence-electron chi connectivity index (χ1n) is 4.33. The average Bonchev–Trinajstić information content (AvgIpc) is 2.09. The summed E-state index contributed by atoms with van der Waals surface area (Å²) in [6.07, 6.45) is 0. The Hall–Kier alpha value is -1.13. The Morgan fingerprint density at radius 2 is 2.13 bits per heavy atom. The molecule has 1 aromatic rings. The Balaban J connectivity index is 0.00000196. The summed E-state index contributed by atoms with van der Waals surface area (Å²) in [5.41, 5.74) is 6.30. The molecule has 3 nitrogen and oxygen atoms in total. The van der Waals surface area contributed by atoms with Gasteiger partial charge in [-0.3, -0.25) is 4.79 Å². The van der Waals surface area contributed by atoms with Crippen molar-refractivity contribution < 1.29 is 9.18 Å². The highest BCUT2D eigenvalue weighted by Crippen LogP contribution is 2.15. The first kappa shape index (κ1) is 13.9. The summed E-state index contributed by atoms with van der Waals surface area (Å²) in [4.78, 5) is 11.1. The fraction of sp³-hybridized carbons (Fsp3) is 0.300. The molecule has 1 rings (SSSR count). The van der Waals surface area contributed by atoms with E-state index in [0.29, 0.717) is 0 Å². The van der Waals surface area contributed by atoms with Gasteiger partial charge in [-0.2, -0.15) is 0 Å². The predicted octanol–water partition coefficient (Wildman–Crippen LogP) is 1.84. The molecule has 1 atom stereocenters. The van der Waals surface area contributed by atoms with Crippen LogP contribution in [0.3, 0.4) is 0 Å². The van der Waals surface area contributed by atoms with Gasteiger partial charge in [-0.15, -0.1) is 12.4 Å². The highest BCUT2D eigenvalue weighted by atomic mass is 35.5. The van der Waals surface area contributed by atoms with Gasteiger partial charge in [-0.1, -0.05) is 6.07 Å². The van der Waals surface area contributed by atoms with Crippen molar-refractivity contribution in [1.29, 1.82) is 0 Å². The molecule has 5 heteroatoms. The van der Waals surface area contributed by atoms with Crippen LogP contribution in [0.5, 0.6) is 0 Å². The van der Waals surface area contributed by atoms with Crippen molar-refractivity contribution in [3.63, 3.8) is 0 Å². The monoisotopic (exact) mass is 232 g/mol. The maximum Gasteiger partial charge on any atom is 0.241 e. The summed E-state index contributed by atoms with van der Waals surface area (Å²) in [6, 6.07) is 3.96. The summed E-state index contributed by atoms with van der Waals surface area (Å²) in [6.45, 7) is 3.32. The lowest BCUT2D eigenvalue weighted by atomic mass is 10.2. The maximum absolute atomic E-state index is 13.2. The number of nitrogens with two attached hydrogens (primary N) is 1. The van der Waals surface area contributed by atoms with Gasteiger partial charge in [0.1, 0.15) is 5.82 Å². The van der Waals surface area contributed by atoms with Crippen LogP contribution < -0.4 is 11.1 Å². The summed E-state index contributed by atoms with van der Waals surface area (Å²) in [7, 11) is 0. The molecule has 0 saturated heterocycles. The number of halogens is 2. The molecule has 0 bridgehead atoms. The molecule has 0 aliphatic heterocycles. The van der Waals surface area contributed by atoms with Gasteiger partial charge in [-0.05, 0) is 31.5 Å². The number of amides is 1. The topological polar surface area (TPSA) is 55.1 Å². The van der Waals surface area contributed by atoms with Crippen LogP contribution in [0.1, 0.15) is 12.5 Å². The van der Waals surface area contributed by atoms with Gasteiger partial charge < -0.3 is 11.1 Å². The van der Waals surface area contributed by atoms with Crippen LogP contribution >= 0.6 is 12.4 Å². The second-order valence-corrected chi connectivity index (χ2v) is 3.26. The van der Waals surface area contributed by atoms with E-state index in [9.17, 15) is 9.18 Å². The lowest BCUT2D eigenvalue weighted by Gasteiger charge is -2.08. The van der Waals surface area contributed by atoms with Gasteiger partial charge in [0.05, 0.1) is 11.7 Å². The van der Waals surface area contributed by atoms with E-state index >= 15 is 0 Å². The van der Waals surface area contributed by atoms with Crippen LogP contribution in [0, 0.1) is 12.7 Å². The quantitative estimate of drug-likeness (QED) is 0.818. The normalized spacial score (nSPS) is 11.5. The minimum atomic E-state index is -0.643. The number of hydrogen-bond acceptors (Lipinski definition) is 2. The first-order chi connectivity index (χ1) is 6.50. The average molecular weight is 233 g/mol. The molecule has 0 aromatic heterocycles. The van der Waals surface area contributed by atoms with E-state index < -0.39 is 17.8 Å². The lowest BCUT2D eigenvalue weighted by Crippen LogP contribution is -2.32. The fourth-order valence-electron chi connectivity index (χ4n) is 0.968. The highest BCUT2D eigenvalue weighted by Gasteiger charge is 2.10. The van der Waals surface area contributed by atoms with Crippen LogP contribution in [-0.4, -0.2) is 11.9 Å². The molecule has 0 spiro atoms. The number of carbonyl (C=O) groups is 1. The molecule has 15 heavy (non-hydrogen) atoms. The molecule has 0 heterocycles. The van der Waals surface area contributed by atoms with Gasteiger partial charge in [0.2, 0.25) is 5.91 Å². The zero-order chi connectivity index (χ0) is 10.7. The van der Waals surface area contributed by atoms with Gasteiger partial charge in [-0.25, -0.2) is 4.39 Å². The standard InChI is InChI=1S/C10H13FN2O.ClH/c1-6-3-4-9(8(11)5-6)13-10(14)7(2)12;/h3-5,7H,12H2,1-2H3,(H,13,14);1H/t7-;/m0./s1. The van der Waals surface area contributed by atoms with Crippen LogP contribution in [0.2, 0.25) is 0 Å². The molecule has 1 amide bonds. The van der Waals surface area contributed by atoms with E-state index in [-0.39, 0.29) is 18.1 Å². The minimum absolute atomic E-state index is 0. The Morgan fingerprint density at radius 3 is 2.60 bits per heavy atom. The second-order valence-electron chi connectivity index (χ2n) is 3.26. The van der Waals surface area contributed by atoms with E-state index in [1.807, 2.05) is 0 Å². The second kappa shape index (κ2) is 5.68. The van der Waals surface area contributed by atoms with E-state index in [1.165, 1.54) is 12.1 Å². The van der Waals surface area contributed by atoms with Crippen molar-refractivity contribution in [3.05, 3.63) is 29.6 Å². The number of nitrogens with one attached hydrogen (secondary N) is 1. The SMILES string of the molecule is Cc1ccc(NC(=O)[C@H](C)N)c(F)c1.Cl. The zero-order valence-corrected chi connectivity index (χ0v) is 9.40. The zero-order valence-electron chi connectivity index (χ0n) is 8.58. The Labute approximate surface area is 94.3 Å². The molecular formula is C10H14ClFN2O. The Bertz CT molecular complexity index is 355. The number of hydrogen-bond donors (Lipinski definition) is 2. The molecule has 0 radical (unpaired) electrons. The van der Waals surface area contributed by atoms with E-state index in [4.69, 9.17) is 5.73 Å². The van der Waals surface area contributed by atoms with Crippen LogP contribution in [-0.2, 0) is 4.79 Å². The smallest absolute Gasteiger partial charge is 0.241 e. The molecule has 1 aromatic carbocycles. The molecule has 0 unspecified atom stereocenters. The summed E-state index contributed by atoms with van der Waals surface area (Å²) >= 11 is 0. The lowest BCUT2D eigenvalue weighted by molar-refractivity contribution is -0.117. The summed E-state index contributed by atoms with van der Waals surface area (Å²) in [5.74, 6) is -0.841. The number of benzene rings is 1.